The van der Waals surface area contributed by atoms with Crippen LogP contribution in [0.25, 0.3) is 0 Å². The second-order valence-corrected chi connectivity index (χ2v) is 6.67. The Bertz CT molecular complexity index is 1030. The Labute approximate surface area is 181 Å². The van der Waals surface area contributed by atoms with Gasteiger partial charge in [0.2, 0.25) is 5.91 Å². The van der Waals surface area contributed by atoms with Crippen LogP contribution in [0.3, 0.4) is 0 Å². The number of amides is 1. The van der Waals surface area contributed by atoms with E-state index in [0.717, 1.165) is 5.56 Å². The number of carbonyl (C=O) groups is 2. The minimum Gasteiger partial charge on any atom is -0.490 e. The molecule has 0 fully saturated rings. The van der Waals surface area contributed by atoms with Crippen molar-refractivity contribution < 1.29 is 19.1 Å². The second-order valence-electron chi connectivity index (χ2n) is 6.67. The summed E-state index contributed by atoms with van der Waals surface area (Å²) in [6.45, 7) is 2.25. The molecule has 1 amide bonds. The van der Waals surface area contributed by atoms with Crippen LogP contribution in [0.2, 0.25) is 0 Å². The lowest BCUT2D eigenvalue weighted by molar-refractivity contribution is -0.121. The van der Waals surface area contributed by atoms with E-state index in [1.54, 1.807) is 42.5 Å². The van der Waals surface area contributed by atoms with E-state index in [0.29, 0.717) is 42.1 Å². The standard InChI is InChI=1S/C25H24N2O4/c1-2-30-23-17-20(13-15-22(23)31-25(29)21-11-7-4-8-12-21)18-26-27-24(28)16-14-19-9-5-3-6-10-19/h3-13,15,17-18H,2,14,16H2,1H3,(H,27,28)/b26-18+. The third-order valence-corrected chi connectivity index (χ3v) is 4.37. The number of aryl methyl sites for hydroxylation is 1. The van der Waals surface area contributed by atoms with E-state index in [1.165, 1.54) is 6.21 Å². The Kier molecular flexibility index (Phi) is 7.94. The summed E-state index contributed by atoms with van der Waals surface area (Å²) in [6, 6.07) is 23.6. The maximum absolute atomic E-state index is 12.3. The molecule has 0 atom stereocenters. The topological polar surface area (TPSA) is 77.0 Å². The molecule has 3 aromatic carbocycles. The number of nitrogens with one attached hydrogen (secondary N) is 1. The predicted octanol–water partition coefficient (Wildman–Crippen LogP) is 4.39. The molecule has 31 heavy (non-hydrogen) atoms. The van der Waals surface area contributed by atoms with Crippen LogP contribution in [0.4, 0.5) is 0 Å². The fourth-order valence-electron chi connectivity index (χ4n) is 2.83. The van der Waals surface area contributed by atoms with E-state index in [9.17, 15) is 9.59 Å². The molecule has 0 aromatic heterocycles. The van der Waals surface area contributed by atoms with Gasteiger partial charge in [-0.3, -0.25) is 4.79 Å². The molecule has 3 aromatic rings. The molecule has 0 aliphatic carbocycles. The Morgan fingerprint density at radius 1 is 0.935 bits per heavy atom. The number of carbonyl (C=O) groups excluding carboxylic acids is 2. The molecule has 158 valence electrons. The summed E-state index contributed by atoms with van der Waals surface area (Å²) in [6.07, 6.45) is 2.52. The Hall–Kier alpha value is -3.93. The van der Waals surface area contributed by atoms with Crippen LogP contribution in [0.5, 0.6) is 11.5 Å². The van der Waals surface area contributed by atoms with E-state index in [1.807, 2.05) is 43.3 Å². The number of hydrogen-bond donors (Lipinski definition) is 1. The molecular formula is C25H24N2O4. The molecule has 0 aliphatic heterocycles. The first-order chi connectivity index (χ1) is 15.2. The van der Waals surface area contributed by atoms with Gasteiger partial charge in [-0.1, -0.05) is 48.5 Å². The van der Waals surface area contributed by atoms with E-state index in [2.05, 4.69) is 10.5 Å². The Morgan fingerprint density at radius 3 is 2.35 bits per heavy atom. The van der Waals surface area contributed by atoms with E-state index < -0.39 is 5.97 Å². The van der Waals surface area contributed by atoms with Crippen LogP contribution in [0.15, 0.2) is 84.0 Å². The van der Waals surface area contributed by atoms with Crippen molar-refractivity contribution in [1.29, 1.82) is 0 Å². The third kappa shape index (κ3) is 6.82. The van der Waals surface area contributed by atoms with E-state index in [4.69, 9.17) is 9.47 Å². The highest BCUT2D eigenvalue weighted by Crippen LogP contribution is 2.29. The molecule has 0 saturated heterocycles. The van der Waals surface area contributed by atoms with Crippen molar-refractivity contribution in [2.24, 2.45) is 5.10 Å². The molecule has 1 N–H and O–H groups in total. The quantitative estimate of drug-likeness (QED) is 0.243. The SMILES string of the molecule is CCOc1cc(/C=N/NC(=O)CCc2ccccc2)ccc1OC(=O)c1ccccc1. The van der Waals surface area contributed by atoms with Crippen LogP contribution in [-0.2, 0) is 11.2 Å². The van der Waals surface area contributed by atoms with Crippen LogP contribution in [0, 0.1) is 0 Å². The van der Waals surface area contributed by atoms with Gasteiger partial charge in [0.1, 0.15) is 0 Å². The lowest BCUT2D eigenvalue weighted by atomic mass is 10.1. The van der Waals surface area contributed by atoms with Gasteiger partial charge in [0.15, 0.2) is 11.5 Å². The van der Waals surface area contributed by atoms with Gasteiger partial charge < -0.3 is 9.47 Å². The average Bonchev–Trinajstić information content (AvgIpc) is 2.80. The number of hydrazone groups is 1. The fraction of sp³-hybridized carbons (Fsp3) is 0.160. The van der Waals surface area contributed by atoms with Crippen molar-refractivity contribution in [1.82, 2.24) is 5.43 Å². The van der Waals surface area contributed by atoms with Crippen molar-refractivity contribution >= 4 is 18.1 Å². The minimum absolute atomic E-state index is 0.168. The number of rotatable bonds is 9. The number of esters is 1. The maximum Gasteiger partial charge on any atom is 0.343 e. The van der Waals surface area contributed by atoms with Crippen LogP contribution >= 0.6 is 0 Å². The first-order valence-electron chi connectivity index (χ1n) is 10.1. The summed E-state index contributed by atoms with van der Waals surface area (Å²) in [5.74, 6) is 0.109. The molecule has 0 heterocycles. The fourth-order valence-corrected chi connectivity index (χ4v) is 2.83. The highest BCUT2D eigenvalue weighted by atomic mass is 16.6. The van der Waals surface area contributed by atoms with Gasteiger partial charge in [0.05, 0.1) is 18.4 Å². The molecule has 0 saturated carbocycles. The number of benzene rings is 3. The van der Waals surface area contributed by atoms with Gasteiger partial charge in [0.25, 0.3) is 0 Å². The molecule has 0 spiro atoms. The van der Waals surface area contributed by atoms with Gasteiger partial charge in [0, 0.05) is 6.42 Å². The van der Waals surface area contributed by atoms with Crippen molar-refractivity contribution in [3.63, 3.8) is 0 Å². The summed E-state index contributed by atoms with van der Waals surface area (Å²) >= 11 is 0. The smallest absolute Gasteiger partial charge is 0.343 e. The molecule has 6 heteroatoms. The van der Waals surface area contributed by atoms with E-state index >= 15 is 0 Å². The molecule has 6 nitrogen and oxygen atoms in total. The molecule has 0 bridgehead atoms. The van der Waals surface area contributed by atoms with E-state index in [-0.39, 0.29) is 5.91 Å². The van der Waals surface area contributed by atoms with Crippen molar-refractivity contribution in [3.05, 3.63) is 95.6 Å². The first-order valence-corrected chi connectivity index (χ1v) is 10.1. The summed E-state index contributed by atoms with van der Waals surface area (Å²) in [7, 11) is 0. The monoisotopic (exact) mass is 416 g/mol. The molecular weight excluding hydrogens is 392 g/mol. The van der Waals surface area contributed by atoms with Gasteiger partial charge in [-0.2, -0.15) is 5.10 Å². The number of ether oxygens (including phenoxy) is 2. The normalized spacial score (nSPS) is 10.6. The first kappa shape index (κ1) is 21.8. The van der Waals surface area contributed by atoms with Crippen molar-refractivity contribution in [2.45, 2.75) is 19.8 Å². The zero-order chi connectivity index (χ0) is 21.9. The van der Waals surface area contributed by atoms with Gasteiger partial charge in [-0.05, 0) is 54.8 Å². The van der Waals surface area contributed by atoms with Crippen LogP contribution < -0.4 is 14.9 Å². The zero-order valence-corrected chi connectivity index (χ0v) is 17.3. The van der Waals surface area contributed by atoms with Crippen LogP contribution in [-0.4, -0.2) is 24.7 Å². The lowest BCUT2D eigenvalue weighted by Gasteiger charge is -2.11. The van der Waals surface area contributed by atoms with Crippen molar-refractivity contribution in [2.75, 3.05) is 6.61 Å². The summed E-state index contributed by atoms with van der Waals surface area (Å²) in [5, 5.41) is 4.01. The van der Waals surface area contributed by atoms with Crippen molar-refractivity contribution in [3.8, 4) is 11.5 Å². The summed E-state index contributed by atoms with van der Waals surface area (Å²) in [4.78, 5) is 24.3. The highest BCUT2D eigenvalue weighted by Gasteiger charge is 2.13. The molecule has 0 radical (unpaired) electrons. The zero-order valence-electron chi connectivity index (χ0n) is 17.3. The van der Waals surface area contributed by atoms with Gasteiger partial charge in [-0.25, -0.2) is 10.2 Å². The highest BCUT2D eigenvalue weighted by molar-refractivity contribution is 5.91. The Balaban J connectivity index is 1.59. The molecule has 0 aliphatic rings. The second kappa shape index (κ2) is 11.3. The summed E-state index contributed by atoms with van der Waals surface area (Å²) < 4.78 is 11.1. The van der Waals surface area contributed by atoms with Gasteiger partial charge >= 0.3 is 5.97 Å². The number of nitrogens with zero attached hydrogens (tertiary/aromatic N) is 1. The number of hydrogen-bond acceptors (Lipinski definition) is 5. The van der Waals surface area contributed by atoms with Gasteiger partial charge in [-0.15, -0.1) is 0 Å². The maximum atomic E-state index is 12.3. The predicted molar refractivity (Wildman–Crippen MR) is 120 cm³/mol. The Morgan fingerprint density at radius 2 is 1.65 bits per heavy atom. The lowest BCUT2D eigenvalue weighted by Crippen LogP contribution is -2.17. The summed E-state index contributed by atoms with van der Waals surface area (Å²) in [5.41, 5.74) is 4.78. The minimum atomic E-state index is -0.464. The third-order valence-electron chi connectivity index (χ3n) is 4.37. The average molecular weight is 416 g/mol. The largest absolute Gasteiger partial charge is 0.490 e. The molecule has 0 unspecified atom stereocenters. The molecule has 3 rings (SSSR count). The van der Waals surface area contributed by atoms with Crippen LogP contribution in [0.1, 0.15) is 34.8 Å².